The van der Waals surface area contributed by atoms with E-state index in [1.54, 1.807) is 12.1 Å². The fourth-order valence-electron chi connectivity index (χ4n) is 2.27. The molecule has 0 saturated carbocycles. The Morgan fingerprint density at radius 3 is 2.64 bits per heavy atom. The Morgan fingerprint density at radius 1 is 1.27 bits per heavy atom. The molecule has 1 N–H and O–H groups in total. The quantitative estimate of drug-likeness (QED) is 0.779. The summed E-state index contributed by atoms with van der Waals surface area (Å²) in [5.74, 6) is 0.622. The summed E-state index contributed by atoms with van der Waals surface area (Å²) in [6, 6.07) is 4.78. The van der Waals surface area contributed by atoms with E-state index >= 15 is 0 Å². The smallest absolute Gasteiger partial charge is 0.336 e. The SMILES string of the molecule is CCc1nc2c([nH]1)c(=O)n(C)c(=O)n2-c1ccc(Cl)cc1Cl. The molecule has 0 spiro atoms. The molecular formula is C14H12Cl2N4O2. The van der Waals surface area contributed by atoms with Crippen molar-refractivity contribution in [2.45, 2.75) is 13.3 Å². The second kappa shape index (κ2) is 5.30. The highest BCUT2D eigenvalue weighted by Gasteiger charge is 2.18. The van der Waals surface area contributed by atoms with Gasteiger partial charge in [0.25, 0.3) is 5.56 Å². The first kappa shape index (κ1) is 14.9. The van der Waals surface area contributed by atoms with Crippen molar-refractivity contribution in [3.05, 3.63) is 54.9 Å². The Balaban J connectivity index is 2.50. The number of benzene rings is 1. The van der Waals surface area contributed by atoms with Crippen molar-refractivity contribution in [1.29, 1.82) is 0 Å². The minimum absolute atomic E-state index is 0.258. The van der Waals surface area contributed by atoms with Crippen LogP contribution in [0.5, 0.6) is 0 Å². The van der Waals surface area contributed by atoms with Crippen molar-refractivity contribution in [2.75, 3.05) is 0 Å². The van der Waals surface area contributed by atoms with E-state index in [1.165, 1.54) is 17.7 Å². The minimum atomic E-state index is -0.518. The fourth-order valence-corrected chi connectivity index (χ4v) is 2.76. The van der Waals surface area contributed by atoms with Crippen LogP contribution in [0.25, 0.3) is 16.9 Å². The lowest BCUT2D eigenvalue weighted by atomic mass is 10.3. The van der Waals surface area contributed by atoms with Crippen molar-refractivity contribution >= 4 is 34.4 Å². The zero-order valence-corrected chi connectivity index (χ0v) is 13.4. The number of aryl methyl sites for hydroxylation is 1. The van der Waals surface area contributed by atoms with Crippen LogP contribution in [0.15, 0.2) is 27.8 Å². The van der Waals surface area contributed by atoms with Crippen molar-refractivity contribution in [3.8, 4) is 5.69 Å². The number of imidazole rings is 1. The van der Waals surface area contributed by atoms with Gasteiger partial charge >= 0.3 is 5.69 Å². The molecule has 2 heterocycles. The summed E-state index contributed by atoms with van der Waals surface area (Å²) >= 11 is 12.1. The third-order valence-corrected chi connectivity index (χ3v) is 3.97. The second-order valence-corrected chi connectivity index (χ2v) is 5.66. The molecule has 3 rings (SSSR count). The molecule has 2 aromatic heterocycles. The van der Waals surface area contributed by atoms with Gasteiger partial charge in [0.05, 0.1) is 10.7 Å². The number of halogens is 2. The molecule has 0 aliphatic carbocycles. The molecule has 0 bridgehead atoms. The Morgan fingerprint density at radius 2 is 2.00 bits per heavy atom. The van der Waals surface area contributed by atoms with Crippen molar-refractivity contribution < 1.29 is 0 Å². The average molecular weight is 339 g/mol. The normalized spacial score (nSPS) is 11.3. The summed E-state index contributed by atoms with van der Waals surface area (Å²) in [4.78, 5) is 32.0. The van der Waals surface area contributed by atoms with E-state index in [-0.39, 0.29) is 11.2 Å². The van der Waals surface area contributed by atoms with E-state index < -0.39 is 11.2 Å². The van der Waals surface area contributed by atoms with Gasteiger partial charge in [0.1, 0.15) is 11.3 Å². The lowest BCUT2D eigenvalue weighted by Gasteiger charge is -2.10. The summed E-state index contributed by atoms with van der Waals surface area (Å²) in [6.07, 6.45) is 0.611. The fraction of sp³-hybridized carbons (Fsp3) is 0.214. The van der Waals surface area contributed by atoms with Crippen molar-refractivity contribution in [1.82, 2.24) is 19.1 Å². The first-order valence-corrected chi connectivity index (χ1v) is 7.35. The Labute approximate surface area is 134 Å². The largest absolute Gasteiger partial charge is 0.337 e. The molecule has 22 heavy (non-hydrogen) atoms. The molecule has 0 fully saturated rings. The highest BCUT2D eigenvalue weighted by Crippen LogP contribution is 2.25. The van der Waals surface area contributed by atoms with Gasteiger partial charge in [-0.2, -0.15) is 0 Å². The molecule has 114 valence electrons. The van der Waals surface area contributed by atoms with Crippen molar-refractivity contribution in [3.63, 3.8) is 0 Å². The van der Waals surface area contributed by atoms with Gasteiger partial charge in [-0.3, -0.25) is 9.36 Å². The maximum Gasteiger partial charge on any atom is 0.337 e. The first-order chi connectivity index (χ1) is 10.4. The van der Waals surface area contributed by atoms with Crippen LogP contribution in [0.4, 0.5) is 0 Å². The number of hydrogen-bond donors (Lipinski definition) is 1. The first-order valence-electron chi connectivity index (χ1n) is 6.60. The predicted octanol–water partition coefficient (Wildman–Crippen LogP) is 2.28. The third-order valence-electron chi connectivity index (χ3n) is 3.43. The Hall–Kier alpha value is -2.05. The van der Waals surface area contributed by atoms with E-state index in [0.717, 1.165) is 4.57 Å². The molecule has 0 atom stereocenters. The maximum atomic E-state index is 12.5. The number of aromatic amines is 1. The van der Waals surface area contributed by atoms with Crippen LogP contribution in [-0.2, 0) is 13.5 Å². The van der Waals surface area contributed by atoms with Crippen LogP contribution in [0, 0.1) is 0 Å². The maximum absolute atomic E-state index is 12.5. The highest BCUT2D eigenvalue weighted by atomic mass is 35.5. The molecular weight excluding hydrogens is 327 g/mol. The van der Waals surface area contributed by atoms with E-state index in [4.69, 9.17) is 23.2 Å². The van der Waals surface area contributed by atoms with Gasteiger partial charge in [-0.1, -0.05) is 30.1 Å². The zero-order chi connectivity index (χ0) is 16.0. The lowest BCUT2D eigenvalue weighted by molar-refractivity contribution is 0.748. The van der Waals surface area contributed by atoms with Crippen LogP contribution < -0.4 is 11.2 Å². The van der Waals surface area contributed by atoms with Crippen LogP contribution in [0.3, 0.4) is 0 Å². The van der Waals surface area contributed by atoms with Crippen molar-refractivity contribution in [2.24, 2.45) is 7.05 Å². The molecule has 0 aliphatic rings. The summed E-state index contributed by atoms with van der Waals surface area (Å²) in [5, 5.41) is 0.759. The number of rotatable bonds is 2. The molecule has 0 amide bonds. The van der Waals surface area contributed by atoms with Crippen LogP contribution in [-0.4, -0.2) is 19.1 Å². The number of hydrogen-bond acceptors (Lipinski definition) is 3. The summed E-state index contributed by atoms with van der Waals surface area (Å²) < 4.78 is 2.33. The Kier molecular flexibility index (Phi) is 3.58. The summed E-state index contributed by atoms with van der Waals surface area (Å²) in [5.41, 5.74) is 0.00868. The second-order valence-electron chi connectivity index (χ2n) is 4.81. The van der Waals surface area contributed by atoms with Gasteiger partial charge < -0.3 is 4.98 Å². The van der Waals surface area contributed by atoms with Gasteiger partial charge in [-0.25, -0.2) is 14.3 Å². The molecule has 3 aromatic rings. The predicted molar refractivity (Wildman–Crippen MR) is 86.3 cm³/mol. The van der Waals surface area contributed by atoms with Gasteiger partial charge in [-0.05, 0) is 18.2 Å². The van der Waals surface area contributed by atoms with Crippen LogP contribution in [0.2, 0.25) is 10.0 Å². The number of H-pyrrole nitrogens is 1. The van der Waals surface area contributed by atoms with Gasteiger partial charge in [-0.15, -0.1) is 0 Å². The lowest BCUT2D eigenvalue weighted by Crippen LogP contribution is -2.37. The van der Waals surface area contributed by atoms with Gasteiger partial charge in [0.15, 0.2) is 5.65 Å². The molecule has 1 aromatic carbocycles. The summed E-state index contributed by atoms with van der Waals surface area (Å²) in [6.45, 7) is 1.90. The minimum Gasteiger partial charge on any atom is -0.336 e. The highest BCUT2D eigenvalue weighted by molar-refractivity contribution is 6.35. The topological polar surface area (TPSA) is 72.7 Å². The number of aromatic nitrogens is 4. The standard InChI is InChI=1S/C14H12Cl2N4O2/c1-3-10-17-11-12(18-10)20(14(22)19(2)13(11)21)9-5-4-7(15)6-8(9)16/h4-6H,3H2,1-2H3,(H,17,18). The third kappa shape index (κ3) is 2.15. The van der Waals surface area contributed by atoms with E-state index in [0.29, 0.717) is 28.0 Å². The number of nitrogens with one attached hydrogen (secondary N) is 1. The molecule has 0 aliphatic heterocycles. The monoisotopic (exact) mass is 338 g/mol. The molecule has 6 nitrogen and oxygen atoms in total. The van der Waals surface area contributed by atoms with Crippen LogP contribution >= 0.6 is 23.2 Å². The van der Waals surface area contributed by atoms with Gasteiger partial charge in [0, 0.05) is 18.5 Å². The number of nitrogens with zero attached hydrogens (tertiary/aromatic N) is 3. The molecule has 8 heteroatoms. The van der Waals surface area contributed by atoms with E-state index in [9.17, 15) is 9.59 Å². The average Bonchev–Trinajstić information content (AvgIpc) is 2.91. The van der Waals surface area contributed by atoms with E-state index in [2.05, 4.69) is 9.97 Å². The molecule has 0 unspecified atom stereocenters. The Bertz CT molecular complexity index is 1000. The summed E-state index contributed by atoms with van der Waals surface area (Å²) in [7, 11) is 1.41. The number of fused-ring (bicyclic) bond motifs is 1. The van der Waals surface area contributed by atoms with E-state index in [1.807, 2.05) is 6.92 Å². The zero-order valence-electron chi connectivity index (χ0n) is 11.9. The van der Waals surface area contributed by atoms with Gasteiger partial charge in [0.2, 0.25) is 0 Å². The van der Waals surface area contributed by atoms with Crippen LogP contribution in [0.1, 0.15) is 12.7 Å². The molecule has 0 radical (unpaired) electrons. The molecule has 0 saturated heterocycles.